The number of hydrogen-bond donors (Lipinski definition) is 1. The Morgan fingerprint density at radius 1 is 1.50 bits per heavy atom. The van der Waals surface area contributed by atoms with E-state index < -0.39 is 0 Å². The van der Waals surface area contributed by atoms with E-state index in [4.69, 9.17) is 4.42 Å². The molecule has 0 aliphatic rings. The van der Waals surface area contributed by atoms with Gasteiger partial charge in [-0.3, -0.25) is 0 Å². The minimum atomic E-state index is 0.827. The number of nitrogens with zero attached hydrogens (tertiary/aromatic N) is 1. The van der Waals surface area contributed by atoms with Crippen molar-refractivity contribution in [3.63, 3.8) is 0 Å². The average Bonchev–Trinajstić information content (AvgIpc) is 2.53. The average molecular weight is 162 g/mol. The van der Waals surface area contributed by atoms with Gasteiger partial charge in [0.15, 0.2) is 12.0 Å². The molecule has 1 heterocycles. The molecule has 0 spiro atoms. The van der Waals surface area contributed by atoms with Crippen LogP contribution in [0.4, 0.5) is 5.69 Å². The van der Waals surface area contributed by atoms with E-state index >= 15 is 0 Å². The second kappa shape index (κ2) is 2.85. The number of nitrogens with one attached hydrogen (secondary N) is 1. The minimum absolute atomic E-state index is 0.827. The first kappa shape index (κ1) is 7.16. The third-order valence-electron chi connectivity index (χ3n) is 1.73. The summed E-state index contributed by atoms with van der Waals surface area (Å²) in [5.41, 5.74) is 2.76. The van der Waals surface area contributed by atoms with Gasteiger partial charge in [0.25, 0.3) is 0 Å². The second-order valence-corrected chi connectivity index (χ2v) is 2.54. The fraction of sp³-hybridized carbons (Fsp3) is 0.222. The molecule has 3 nitrogen and oxygen atoms in total. The first-order valence-corrected chi connectivity index (χ1v) is 3.98. The molecule has 0 radical (unpaired) electrons. The van der Waals surface area contributed by atoms with Crippen molar-refractivity contribution in [1.82, 2.24) is 4.98 Å². The van der Waals surface area contributed by atoms with Crippen molar-refractivity contribution in [3.8, 4) is 0 Å². The highest BCUT2D eigenvalue weighted by Gasteiger charge is 2.01. The Balaban J connectivity index is 2.57. The Morgan fingerprint density at radius 3 is 3.25 bits per heavy atom. The summed E-state index contributed by atoms with van der Waals surface area (Å²) in [6.07, 6.45) is 1.46. The zero-order valence-corrected chi connectivity index (χ0v) is 6.87. The molecule has 1 aromatic heterocycles. The molecular weight excluding hydrogens is 152 g/mol. The summed E-state index contributed by atoms with van der Waals surface area (Å²) < 4.78 is 5.15. The van der Waals surface area contributed by atoms with Crippen LogP contribution in [0.2, 0.25) is 0 Å². The number of hydrogen-bond acceptors (Lipinski definition) is 3. The maximum atomic E-state index is 5.15. The molecule has 2 aromatic rings. The van der Waals surface area contributed by atoms with Crippen molar-refractivity contribution in [1.29, 1.82) is 0 Å². The van der Waals surface area contributed by atoms with Gasteiger partial charge >= 0.3 is 0 Å². The maximum absolute atomic E-state index is 5.15. The van der Waals surface area contributed by atoms with Gasteiger partial charge in [-0.2, -0.15) is 0 Å². The monoisotopic (exact) mass is 162 g/mol. The highest BCUT2D eigenvalue weighted by atomic mass is 16.3. The van der Waals surface area contributed by atoms with Gasteiger partial charge in [-0.1, -0.05) is 6.07 Å². The van der Waals surface area contributed by atoms with Gasteiger partial charge in [0.2, 0.25) is 0 Å². The lowest BCUT2D eigenvalue weighted by atomic mass is 10.3. The van der Waals surface area contributed by atoms with Crippen molar-refractivity contribution in [2.75, 3.05) is 11.9 Å². The summed E-state index contributed by atoms with van der Waals surface area (Å²) in [6, 6.07) is 5.85. The van der Waals surface area contributed by atoms with Crippen molar-refractivity contribution in [3.05, 3.63) is 24.6 Å². The highest BCUT2D eigenvalue weighted by Crippen LogP contribution is 2.20. The first-order valence-electron chi connectivity index (χ1n) is 3.98. The number of para-hydroxylation sites is 1. The van der Waals surface area contributed by atoms with E-state index in [1.54, 1.807) is 0 Å². The van der Waals surface area contributed by atoms with Crippen LogP contribution in [0.3, 0.4) is 0 Å². The molecule has 0 aliphatic carbocycles. The van der Waals surface area contributed by atoms with E-state index in [-0.39, 0.29) is 0 Å². The van der Waals surface area contributed by atoms with Crippen LogP contribution in [0, 0.1) is 0 Å². The molecule has 0 fully saturated rings. The van der Waals surface area contributed by atoms with Gasteiger partial charge in [-0.25, -0.2) is 4.98 Å². The molecule has 1 aromatic carbocycles. The number of oxazole rings is 1. The van der Waals surface area contributed by atoms with E-state index in [0.717, 1.165) is 23.3 Å². The van der Waals surface area contributed by atoms with Gasteiger partial charge in [0, 0.05) is 6.54 Å². The summed E-state index contributed by atoms with van der Waals surface area (Å²) in [6.45, 7) is 2.95. The van der Waals surface area contributed by atoms with Crippen LogP contribution >= 0.6 is 0 Å². The number of aromatic nitrogens is 1. The normalized spacial score (nSPS) is 10.4. The summed E-state index contributed by atoms with van der Waals surface area (Å²) >= 11 is 0. The van der Waals surface area contributed by atoms with Crippen LogP contribution in [0.25, 0.3) is 11.1 Å². The summed E-state index contributed by atoms with van der Waals surface area (Å²) in [5, 5.41) is 3.21. The van der Waals surface area contributed by atoms with Crippen LogP contribution < -0.4 is 5.32 Å². The Bertz CT molecular complexity index is 381. The number of anilines is 1. The van der Waals surface area contributed by atoms with E-state index in [1.807, 2.05) is 18.2 Å². The van der Waals surface area contributed by atoms with Crippen molar-refractivity contribution in [2.45, 2.75) is 6.92 Å². The highest BCUT2D eigenvalue weighted by molar-refractivity contribution is 5.86. The molecule has 2 rings (SSSR count). The molecular formula is C9H10N2O. The quantitative estimate of drug-likeness (QED) is 0.736. The minimum Gasteiger partial charge on any atom is -0.443 e. The van der Waals surface area contributed by atoms with Crippen molar-refractivity contribution >= 4 is 16.8 Å². The third kappa shape index (κ3) is 1.03. The molecule has 0 amide bonds. The molecule has 1 N–H and O–H groups in total. The summed E-state index contributed by atoms with van der Waals surface area (Å²) in [4.78, 5) is 4.11. The molecule has 0 saturated heterocycles. The maximum Gasteiger partial charge on any atom is 0.182 e. The zero-order valence-electron chi connectivity index (χ0n) is 6.87. The lowest BCUT2D eigenvalue weighted by Crippen LogP contribution is -1.96. The lowest BCUT2D eigenvalue weighted by molar-refractivity contribution is 0.602. The third-order valence-corrected chi connectivity index (χ3v) is 1.73. The van der Waals surface area contributed by atoms with Crippen LogP contribution in [-0.2, 0) is 0 Å². The standard InChI is InChI=1S/C9H10N2O/c1-2-10-7-4-3-5-8-9(7)11-6-12-8/h3-6,10H,2H2,1H3. The topological polar surface area (TPSA) is 38.1 Å². The molecule has 62 valence electrons. The largest absolute Gasteiger partial charge is 0.443 e. The Morgan fingerprint density at radius 2 is 2.42 bits per heavy atom. The SMILES string of the molecule is CCNc1cccc2ocnc12. The van der Waals surface area contributed by atoms with E-state index in [0.29, 0.717) is 0 Å². The zero-order chi connectivity index (χ0) is 8.39. The Hall–Kier alpha value is -1.51. The Kier molecular flexibility index (Phi) is 1.70. The number of rotatable bonds is 2. The Labute approximate surface area is 70.4 Å². The first-order chi connectivity index (χ1) is 5.92. The van der Waals surface area contributed by atoms with Crippen LogP contribution in [0.5, 0.6) is 0 Å². The molecule has 0 aliphatic heterocycles. The molecule has 0 bridgehead atoms. The summed E-state index contributed by atoms with van der Waals surface area (Å²) in [7, 11) is 0. The lowest BCUT2D eigenvalue weighted by Gasteiger charge is -2.01. The second-order valence-electron chi connectivity index (χ2n) is 2.54. The summed E-state index contributed by atoms with van der Waals surface area (Å²) in [5.74, 6) is 0. The molecule has 12 heavy (non-hydrogen) atoms. The molecule has 0 unspecified atom stereocenters. The fourth-order valence-electron chi connectivity index (χ4n) is 1.22. The smallest absolute Gasteiger partial charge is 0.182 e. The van der Waals surface area contributed by atoms with Crippen LogP contribution in [0.1, 0.15) is 6.92 Å². The van der Waals surface area contributed by atoms with Crippen molar-refractivity contribution < 1.29 is 4.42 Å². The van der Waals surface area contributed by atoms with Gasteiger partial charge < -0.3 is 9.73 Å². The number of benzene rings is 1. The van der Waals surface area contributed by atoms with E-state index in [2.05, 4.69) is 17.2 Å². The van der Waals surface area contributed by atoms with Gasteiger partial charge in [-0.05, 0) is 19.1 Å². The van der Waals surface area contributed by atoms with Gasteiger partial charge in [0.05, 0.1) is 5.69 Å². The predicted molar refractivity (Wildman–Crippen MR) is 48.2 cm³/mol. The molecule has 0 atom stereocenters. The van der Waals surface area contributed by atoms with E-state index in [1.165, 1.54) is 6.39 Å². The molecule has 3 heteroatoms. The predicted octanol–water partition coefficient (Wildman–Crippen LogP) is 2.26. The van der Waals surface area contributed by atoms with Gasteiger partial charge in [-0.15, -0.1) is 0 Å². The number of fused-ring (bicyclic) bond motifs is 1. The van der Waals surface area contributed by atoms with Gasteiger partial charge in [0.1, 0.15) is 5.52 Å². The fourth-order valence-corrected chi connectivity index (χ4v) is 1.22. The van der Waals surface area contributed by atoms with Crippen molar-refractivity contribution in [2.24, 2.45) is 0 Å². The van der Waals surface area contributed by atoms with Crippen LogP contribution in [0.15, 0.2) is 29.0 Å². The molecule has 0 saturated carbocycles. The van der Waals surface area contributed by atoms with Crippen LogP contribution in [-0.4, -0.2) is 11.5 Å². The van der Waals surface area contributed by atoms with E-state index in [9.17, 15) is 0 Å².